The van der Waals surface area contributed by atoms with Crippen LogP contribution in [0, 0.1) is 11.6 Å². The fraction of sp³-hybridized carbons (Fsp3) is 0. The minimum Gasteiger partial charge on any atom is -0.383 e. The number of benzene rings is 1. The minimum absolute atomic E-state index is 0.0285. The number of nitrogens with zero attached hydrogens (tertiary/aromatic N) is 2. The van der Waals surface area contributed by atoms with Gasteiger partial charge in [-0.2, -0.15) is 0 Å². The SMILES string of the molecule is Nc1nc(-c2ccc(F)c(F)c2Br)ncc1Br. The number of nitrogens with two attached hydrogens (primary N) is 1. The van der Waals surface area contributed by atoms with Gasteiger partial charge in [0.25, 0.3) is 0 Å². The Bertz CT molecular complexity index is 590. The van der Waals surface area contributed by atoms with E-state index < -0.39 is 11.6 Å². The van der Waals surface area contributed by atoms with Crippen LogP contribution < -0.4 is 5.73 Å². The number of rotatable bonds is 1. The van der Waals surface area contributed by atoms with Gasteiger partial charge in [0.1, 0.15) is 5.82 Å². The average molecular weight is 365 g/mol. The molecule has 0 unspecified atom stereocenters. The van der Waals surface area contributed by atoms with Crippen molar-refractivity contribution < 1.29 is 8.78 Å². The van der Waals surface area contributed by atoms with E-state index in [9.17, 15) is 8.78 Å². The van der Waals surface area contributed by atoms with Crippen molar-refractivity contribution in [3.05, 3.63) is 38.9 Å². The molecule has 17 heavy (non-hydrogen) atoms. The zero-order chi connectivity index (χ0) is 12.6. The molecule has 0 atom stereocenters. The number of anilines is 1. The lowest BCUT2D eigenvalue weighted by molar-refractivity contribution is 0.504. The van der Waals surface area contributed by atoms with E-state index in [1.807, 2.05) is 0 Å². The van der Waals surface area contributed by atoms with Crippen molar-refractivity contribution in [2.75, 3.05) is 5.73 Å². The predicted octanol–water partition coefficient (Wildman–Crippen LogP) is 3.53. The van der Waals surface area contributed by atoms with Crippen molar-refractivity contribution in [2.24, 2.45) is 0 Å². The van der Waals surface area contributed by atoms with Gasteiger partial charge in [-0.15, -0.1) is 0 Å². The monoisotopic (exact) mass is 363 g/mol. The zero-order valence-corrected chi connectivity index (χ0v) is 11.4. The summed E-state index contributed by atoms with van der Waals surface area (Å²) in [6.07, 6.45) is 1.45. The van der Waals surface area contributed by atoms with E-state index in [4.69, 9.17) is 5.73 Å². The van der Waals surface area contributed by atoms with E-state index in [0.29, 0.717) is 10.0 Å². The van der Waals surface area contributed by atoms with Gasteiger partial charge >= 0.3 is 0 Å². The molecule has 7 heteroatoms. The number of aromatic nitrogens is 2. The van der Waals surface area contributed by atoms with Crippen LogP contribution in [0.1, 0.15) is 0 Å². The molecule has 0 fully saturated rings. The van der Waals surface area contributed by atoms with E-state index in [0.717, 1.165) is 6.07 Å². The Hall–Kier alpha value is -1.08. The second-order valence-corrected chi connectivity index (χ2v) is 4.80. The smallest absolute Gasteiger partial charge is 0.173 e. The maximum Gasteiger partial charge on any atom is 0.173 e. The lowest BCUT2D eigenvalue weighted by Gasteiger charge is -2.06. The summed E-state index contributed by atoms with van der Waals surface area (Å²) in [5, 5.41) is 0. The van der Waals surface area contributed by atoms with Crippen molar-refractivity contribution in [3.63, 3.8) is 0 Å². The first kappa shape index (κ1) is 12.4. The van der Waals surface area contributed by atoms with Gasteiger partial charge < -0.3 is 5.73 Å². The van der Waals surface area contributed by atoms with Gasteiger partial charge in [0.05, 0.1) is 8.95 Å². The van der Waals surface area contributed by atoms with Gasteiger partial charge in [0, 0.05) is 11.8 Å². The Labute approximate surface area is 112 Å². The highest BCUT2D eigenvalue weighted by Crippen LogP contribution is 2.30. The molecule has 3 nitrogen and oxygen atoms in total. The number of halogens is 4. The molecule has 2 aromatic rings. The molecule has 0 aliphatic carbocycles. The van der Waals surface area contributed by atoms with Crippen molar-refractivity contribution in [2.45, 2.75) is 0 Å². The van der Waals surface area contributed by atoms with E-state index in [-0.39, 0.29) is 16.1 Å². The summed E-state index contributed by atoms with van der Waals surface area (Å²) in [5.74, 6) is -1.47. The lowest BCUT2D eigenvalue weighted by Crippen LogP contribution is -1.98. The molecule has 1 aromatic carbocycles. The molecule has 0 aliphatic rings. The molecule has 2 N–H and O–H groups in total. The summed E-state index contributed by atoms with van der Waals surface area (Å²) in [5.41, 5.74) is 5.93. The largest absolute Gasteiger partial charge is 0.383 e. The highest BCUT2D eigenvalue weighted by molar-refractivity contribution is 9.11. The van der Waals surface area contributed by atoms with Gasteiger partial charge in [-0.25, -0.2) is 18.7 Å². The van der Waals surface area contributed by atoms with Crippen LogP contribution in [-0.4, -0.2) is 9.97 Å². The normalized spacial score (nSPS) is 10.6. The highest BCUT2D eigenvalue weighted by atomic mass is 79.9. The summed E-state index contributed by atoms with van der Waals surface area (Å²) in [7, 11) is 0. The molecule has 1 heterocycles. The molecule has 0 saturated carbocycles. The van der Waals surface area contributed by atoms with E-state index >= 15 is 0 Å². The predicted molar refractivity (Wildman–Crippen MR) is 67.2 cm³/mol. The fourth-order valence-corrected chi connectivity index (χ4v) is 1.90. The van der Waals surface area contributed by atoms with Gasteiger partial charge in [-0.3, -0.25) is 0 Å². The van der Waals surface area contributed by atoms with Gasteiger partial charge in [-0.05, 0) is 44.0 Å². The molecule has 2 rings (SSSR count). The topological polar surface area (TPSA) is 51.8 Å². The summed E-state index contributed by atoms with van der Waals surface area (Å²) in [4.78, 5) is 7.96. The van der Waals surface area contributed by atoms with E-state index in [1.165, 1.54) is 12.3 Å². The van der Waals surface area contributed by atoms with Crippen LogP contribution in [0.25, 0.3) is 11.4 Å². The average Bonchev–Trinajstić information content (AvgIpc) is 2.30. The molecular formula is C10H5Br2F2N3. The zero-order valence-electron chi connectivity index (χ0n) is 8.22. The highest BCUT2D eigenvalue weighted by Gasteiger charge is 2.15. The molecular weight excluding hydrogens is 360 g/mol. The second-order valence-electron chi connectivity index (χ2n) is 3.15. The summed E-state index contributed by atoms with van der Waals surface area (Å²) in [6.45, 7) is 0. The van der Waals surface area contributed by atoms with Crippen LogP contribution in [0.5, 0.6) is 0 Å². The molecule has 0 bridgehead atoms. The maximum atomic E-state index is 13.3. The third-order valence-electron chi connectivity index (χ3n) is 2.05. The molecule has 1 aromatic heterocycles. The molecule has 0 spiro atoms. The summed E-state index contributed by atoms with van der Waals surface area (Å²) >= 11 is 6.11. The second kappa shape index (κ2) is 4.66. The minimum atomic E-state index is -0.979. The standard InChI is InChI=1S/C10H5Br2F2N3/c11-5-3-16-10(17-9(5)15)4-1-2-6(13)8(14)7(4)12/h1-3H,(H2,15,16,17). The number of hydrogen-bond acceptors (Lipinski definition) is 3. The third kappa shape index (κ3) is 2.30. The first-order valence-corrected chi connectivity index (χ1v) is 6.01. The Balaban J connectivity index is 2.61. The van der Waals surface area contributed by atoms with Crippen LogP contribution in [-0.2, 0) is 0 Å². The molecule has 0 saturated heterocycles. The Morgan fingerprint density at radius 2 is 1.88 bits per heavy atom. The Morgan fingerprint density at radius 1 is 1.18 bits per heavy atom. The molecule has 0 aliphatic heterocycles. The molecule has 0 amide bonds. The summed E-state index contributed by atoms with van der Waals surface area (Å²) < 4.78 is 26.8. The van der Waals surface area contributed by atoms with E-state index in [1.54, 1.807) is 0 Å². The Kier molecular flexibility index (Phi) is 3.39. The van der Waals surface area contributed by atoms with Gasteiger partial charge in [-0.1, -0.05) is 0 Å². The van der Waals surface area contributed by atoms with E-state index in [2.05, 4.69) is 41.8 Å². The number of hydrogen-bond donors (Lipinski definition) is 1. The molecule has 0 radical (unpaired) electrons. The van der Waals surface area contributed by atoms with Gasteiger partial charge in [0.2, 0.25) is 0 Å². The third-order valence-corrected chi connectivity index (χ3v) is 3.43. The van der Waals surface area contributed by atoms with Crippen LogP contribution >= 0.6 is 31.9 Å². The number of nitrogen functional groups attached to an aromatic ring is 1. The maximum absolute atomic E-state index is 13.3. The quantitative estimate of drug-likeness (QED) is 0.787. The van der Waals surface area contributed by atoms with Gasteiger partial charge in [0.15, 0.2) is 17.5 Å². The van der Waals surface area contributed by atoms with Crippen LogP contribution in [0.15, 0.2) is 27.3 Å². The first-order valence-electron chi connectivity index (χ1n) is 4.42. The lowest BCUT2D eigenvalue weighted by atomic mass is 10.2. The van der Waals surface area contributed by atoms with Crippen molar-refractivity contribution in [3.8, 4) is 11.4 Å². The van der Waals surface area contributed by atoms with Crippen LogP contribution in [0.4, 0.5) is 14.6 Å². The van der Waals surface area contributed by atoms with Crippen molar-refractivity contribution in [1.29, 1.82) is 0 Å². The van der Waals surface area contributed by atoms with Crippen LogP contribution in [0.3, 0.4) is 0 Å². The van der Waals surface area contributed by atoms with Crippen molar-refractivity contribution in [1.82, 2.24) is 9.97 Å². The summed E-state index contributed by atoms with van der Waals surface area (Å²) in [6, 6.07) is 2.39. The molecule has 88 valence electrons. The Morgan fingerprint density at radius 3 is 2.53 bits per heavy atom. The first-order chi connectivity index (χ1) is 8.00. The fourth-order valence-electron chi connectivity index (χ4n) is 1.21. The van der Waals surface area contributed by atoms with Crippen molar-refractivity contribution >= 4 is 37.7 Å². The van der Waals surface area contributed by atoms with Crippen LogP contribution in [0.2, 0.25) is 0 Å².